The van der Waals surface area contributed by atoms with Gasteiger partial charge in [-0.3, -0.25) is 24.1 Å². The smallest absolute Gasteiger partial charge is 0.261 e. The number of hydrogen-bond donors (Lipinski definition) is 0. The lowest BCUT2D eigenvalue weighted by Gasteiger charge is -2.44. The summed E-state index contributed by atoms with van der Waals surface area (Å²) >= 11 is 0. The number of rotatable bonds is 6. The second kappa shape index (κ2) is 9.52. The van der Waals surface area contributed by atoms with Gasteiger partial charge in [0.1, 0.15) is 11.4 Å². The number of imide groups is 1. The van der Waals surface area contributed by atoms with E-state index in [0.717, 1.165) is 17.5 Å². The molecule has 7 nitrogen and oxygen atoms in total. The molecule has 0 unspecified atom stereocenters. The Hall–Kier alpha value is -3.48. The number of Topliss-reactive ketones (excluding diaryl/α,β-unsaturated/α-hetero) is 1. The molecule has 36 heavy (non-hydrogen) atoms. The number of fused-ring (bicyclic) bond motifs is 2. The number of unbranched alkanes of at least 4 members (excludes halogenated alkanes) is 2. The summed E-state index contributed by atoms with van der Waals surface area (Å²) < 4.78 is 6.45. The number of ether oxygens (including phenoxy) is 1. The van der Waals surface area contributed by atoms with E-state index < -0.39 is 5.60 Å². The molecule has 0 bridgehead atoms. The first kappa shape index (κ1) is 24.2. The van der Waals surface area contributed by atoms with Gasteiger partial charge in [-0.05, 0) is 56.0 Å². The van der Waals surface area contributed by atoms with Gasteiger partial charge in [-0.15, -0.1) is 0 Å². The number of piperidine rings is 1. The van der Waals surface area contributed by atoms with E-state index in [-0.39, 0.29) is 23.5 Å². The topological polar surface area (TPSA) is 84.0 Å². The highest BCUT2D eigenvalue weighted by atomic mass is 16.5. The molecule has 1 fully saturated rings. The van der Waals surface area contributed by atoms with Crippen LogP contribution in [0, 0.1) is 13.8 Å². The van der Waals surface area contributed by atoms with Crippen LogP contribution < -0.4 is 4.74 Å². The molecule has 0 saturated carbocycles. The quantitative estimate of drug-likeness (QED) is 0.442. The summed E-state index contributed by atoms with van der Waals surface area (Å²) in [7, 11) is 0. The molecule has 2 aromatic rings. The molecule has 3 amide bonds. The lowest BCUT2D eigenvalue weighted by atomic mass is 9.81. The molecule has 0 radical (unpaired) electrons. The molecule has 3 aliphatic heterocycles. The highest BCUT2D eigenvalue weighted by Crippen LogP contribution is 2.41. The Labute approximate surface area is 211 Å². The molecule has 3 aliphatic rings. The summed E-state index contributed by atoms with van der Waals surface area (Å²) in [4.78, 5) is 53.7. The number of hydrogen-bond acceptors (Lipinski definition) is 5. The average Bonchev–Trinajstić information content (AvgIpc) is 3.11. The summed E-state index contributed by atoms with van der Waals surface area (Å²) in [6.45, 7) is 5.56. The summed E-state index contributed by atoms with van der Waals surface area (Å²) in [5.41, 5.74) is 3.21. The third kappa shape index (κ3) is 4.31. The number of carbonyl (C=O) groups excluding carboxylic acids is 4. The number of likely N-dealkylation sites (tertiary alicyclic amines) is 1. The van der Waals surface area contributed by atoms with E-state index in [1.807, 2.05) is 30.9 Å². The van der Waals surface area contributed by atoms with Crippen molar-refractivity contribution in [2.45, 2.75) is 64.4 Å². The molecule has 1 saturated heterocycles. The van der Waals surface area contributed by atoms with Gasteiger partial charge < -0.3 is 9.64 Å². The number of benzene rings is 2. The Bertz CT molecular complexity index is 1210. The Morgan fingerprint density at radius 1 is 0.889 bits per heavy atom. The highest BCUT2D eigenvalue weighted by molar-refractivity contribution is 6.21. The molecule has 2 aromatic carbocycles. The van der Waals surface area contributed by atoms with Crippen molar-refractivity contribution in [1.29, 1.82) is 0 Å². The molecule has 0 aromatic heterocycles. The van der Waals surface area contributed by atoms with Gasteiger partial charge in [0.25, 0.3) is 11.8 Å². The normalized spacial score (nSPS) is 18.3. The first-order valence-electron chi connectivity index (χ1n) is 12.9. The minimum Gasteiger partial charge on any atom is -0.486 e. The SMILES string of the molecule is Cc1ccc2c(c1C)OC1(CCN(C(=O)CCCCCN3C(=O)c4ccccc4C3=O)CC1)CC2=O. The molecule has 188 valence electrons. The van der Waals surface area contributed by atoms with Crippen molar-refractivity contribution in [3.8, 4) is 5.75 Å². The van der Waals surface area contributed by atoms with Crippen LogP contribution in [0.4, 0.5) is 0 Å². The Morgan fingerprint density at radius 2 is 1.56 bits per heavy atom. The highest BCUT2D eigenvalue weighted by Gasteiger charge is 2.44. The van der Waals surface area contributed by atoms with Gasteiger partial charge in [0.2, 0.25) is 5.91 Å². The van der Waals surface area contributed by atoms with Crippen molar-refractivity contribution in [2.24, 2.45) is 0 Å². The maximum Gasteiger partial charge on any atom is 0.261 e. The zero-order valence-corrected chi connectivity index (χ0v) is 21.0. The van der Waals surface area contributed by atoms with Crippen LogP contribution in [0.5, 0.6) is 5.75 Å². The minimum atomic E-state index is -0.522. The van der Waals surface area contributed by atoms with Crippen LogP contribution in [-0.2, 0) is 4.79 Å². The first-order valence-corrected chi connectivity index (χ1v) is 12.9. The second-order valence-corrected chi connectivity index (χ2v) is 10.3. The van der Waals surface area contributed by atoms with Gasteiger partial charge in [0, 0.05) is 38.9 Å². The summed E-state index contributed by atoms with van der Waals surface area (Å²) in [5, 5.41) is 0. The van der Waals surface area contributed by atoms with Gasteiger partial charge >= 0.3 is 0 Å². The van der Waals surface area contributed by atoms with Gasteiger partial charge in [-0.2, -0.15) is 0 Å². The van der Waals surface area contributed by atoms with Crippen molar-refractivity contribution in [1.82, 2.24) is 9.80 Å². The van der Waals surface area contributed by atoms with Crippen LogP contribution in [0.15, 0.2) is 36.4 Å². The fourth-order valence-corrected chi connectivity index (χ4v) is 5.55. The maximum absolute atomic E-state index is 12.8. The maximum atomic E-state index is 12.8. The number of nitrogens with zero attached hydrogens (tertiary/aromatic N) is 2. The number of carbonyl (C=O) groups is 4. The summed E-state index contributed by atoms with van der Waals surface area (Å²) in [6.07, 6.45) is 4.26. The van der Waals surface area contributed by atoms with E-state index in [0.29, 0.717) is 80.6 Å². The molecular formula is C29H32N2O5. The average molecular weight is 489 g/mol. The zero-order chi connectivity index (χ0) is 25.4. The number of amides is 3. The number of ketones is 1. The van der Waals surface area contributed by atoms with Crippen LogP contribution in [0.3, 0.4) is 0 Å². The summed E-state index contributed by atoms with van der Waals surface area (Å²) in [6, 6.07) is 10.7. The Kier molecular flexibility index (Phi) is 6.41. The van der Waals surface area contributed by atoms with Crippen molar-refractivity contribution >= 4 is 23.5 Å². The fourth-order valence-electron chi connectivity index (χ4n) is 5.55. The molecule has 7 heteroatoms. The molecular weight excluding hydrogens is 456 g/mol. The third-order valence-corrected chi connectivity index (χ3v) is 7.96. The lowest BCUT2D eigenvalue weighted by Crippen LogP contribution is -2.52. The molecule has 5 rings (SSSR count). The van der Waals surface area contributed by atoms with Crippen LogP contribution in [0.1, 0.15) is 87.1 Å². The number of aryl methyl sites for hydroxylation is 1. The molecule has 3 heterocycles. The Balaban J connectivity index is 1.07. The first-order chi connectivity index (χ1) is 17.3. The van der Waals surface area contributed by atoms with E-state index in [9.17, 15) is 19.2 Å². The molecule has 0 N–H and O–H groups in total. The monoisotopic (exact) mass is 488 g/mol. The van der Waals surface area contributed by atoms with Crippen molar-refractivity contribution in [3.05, 3.63) is 64.2 Å². The van der Waals surface area contributed by atoms with Gasteiger partial charge in [0.15, 0.2) is 5.78 Å². The van der Waals surface area contributed by atoms with Crippen LogP contribution >= 0.6 is 0 Å². The largest absolute Gasteiger partial charge is 0.486 e. The van der Waals surface area contributed by atoms with E-state index in [1.54, 1.807) is 24.3 Å². The van der Waals surface area contributed by atoms with E-state index in [4.69, 9.17) is 4.74 Å². The van der Waals surface area contributed by atoms with Crippen molar-refractivity contribution in [3.63, 3.8) is 0 Å². The van der Waals surface area contributed by atoms with Gasteiger partial charge in [-0.25, -0.2) is 0 Å². The lowest BCUT2D eigenvalue weighted by molar-refractivity contribution is -0.134. The van der Waals surface area contributed by atoms with Crippen molar-refractivity contribution in [2.75, 3.05) is 19.6 Å². The van der Waals surface area contributed by atoms with E-state index >= 15 is 0 Å². The van der Waals surface area contributed by atoms with Crippen molar-refractivity contribution < 1.29 is 23.9 Å². The molecule has 0 atom stereocenters. The molecule has 1 spiro atoms. The van der Waals surface area contributed by atoms with Crippen LogP contribution in [0.25, 0.3) is 0 Å². The van der Waals surface area contributed by atoms with Crippen LogP contribution in [0.2, 0.25) is 0 Å². The van der Waals surface area contributed by atoms with E-state index in [2.05, 4.69) is 0 Å². The summed E-state index contributed by atoms with van der Waals surface area (Å²) in [5.74, 6) is 0.483. The predicted octanol–water partition coefficient (Wildman–Crippen LogP) is 4.49. The minimum absolute atomic E-state index is 0.111. The van der Waals surface area contributed by atoms with Crippen LogP contribution in [-0.4, -0.2) is 58.5 Å². The standard InChI is InChI=1S/C29H32N2O5/c1-19-11-12-23-24(32)18-29(36-26(23)20(19)2)13-16-30(17-14-29)25(33)10-4-3-7-15-31-27(34)21-8-5-6-9-22(21)28(31)35/h5-6,8-9,11-12H,3-4,7,10,13-18H2,1-2H3. The zero-order valence-electron chi connectivity index (χ0n) is 21.0. The second-order valence-electron chi connectivity index (χ2n) is 10.3. The predicted molar refractivity (Wildman–Crippen MR) is 134 cm³/mol. The molecule has 0 aliphatic carbocycles. The third-order valence-electron chi connectivity index (χ3n) is 7.96. The fraction of sp³-hybridized carbons (Fsp3) is 0.448. The van der Waals surface area contributed by atoms with Gasteiger partial charge in [0.05, 0.1) is 23.1 Å². The van der Waals surface area contributed by atoms with Gasteiger partial charge in [-0.1, -0.05) is 24.6 Å². The van der Waals surface area contributed by atoms with E-state index in [1.165, 1.54) is 4.90 Å². The Morgan fingerprint density at radius 3 is 2.22 bits per heavy atom.